The second kappa shape index (κ2) is 3.61. The van der Waals surface area contributed by atoms with Crippen molar-refractivity contribution in [1.82, 2.24) is 0 Å². The summed E-state index contributed by atoms with van der Waals surface area (Å²) >= 11 is 0. The highest BCUT2D eigenvalue weighted by atomic mass is 19.1. The zero-order valence-corrected chi connectivity index (χ0v) is 8.22. The fraction of sp³-hybridized carbons (Fsp3) is 0.364. The summed E-state index contributed by atoms with van der Waals surface area (Å²) in [4.78, 5) is 11.1. The van der Waals surface area contributed by atoms with Crippen molar-refractivity contribution in [3.63, 3.8) is 0 Å². The molecule has 0 aliphatic carbocycles. The number of carbonyl (C=O) groups is 1. The number of hydrogen-bond acceptors (Lipinski definition) is 2. The molecule has 1 aromatic carbocycles. The molecule has 0 spiro atoms. The smallest absolute Gasteiger partial charge is 0.170 e. The van der Waals surface area contributed by atoms with Crippen LogP contribution in [-0.2, 0) is 11.2 Å². The van der Waals surface area contributed by atoms with E-state index in [0.717, 1.165) is 6.07 Å². The molecule has 2 rings (SSSR count). The minimum Gasteiger partial charge on any atom is -0.479 e. The molecule has 0 saturated carbocycles. The third-order valence-electron chi connectivity index (χ3n) is 2.47. The van der Waals surface area contributed by atoms with Gasteiger partial charge in [0.25, 0.3) is 0 Å². The van der Waals surface area contributed by atoms with Crippen LogP contribution >= 0.6 is 0 Å². The highest BCUT2D eigenvalue weighted by Crippen LogP contribution is 2.31. The summed E-state index contributed by atoms with van der Waals surface area (Å²) in [5.74, 6) is -1.47. The van der Waals surface area contributed by atoms with Gasteiger partial charge in [0.2, 0.25) is 0 Å². The Labute approximate surface area is 85.9 Å². The quantitative estimate of drug-likeness (QED) is 0.713. The SMILES string of the molecule is CC(=O)C1CCc2cc(F)cc(F)c2O1. The van der Waals surface area contributed by atoms with E-state index in [1.165, 1.54) is 13.0 Å². The van der Waals surface area contributed by atoms with E-state index in [1.54, 1.807) is 0 Å². The molecule has 1 atom stereocenters. The van der Waals surface area contributed by atoms with Crippen molar-refractivity contribution in [1.29, 1.82) is 0 Å². The molecule has 2 nitrogen and oxygen atoms in total. The van der Waals surface area contributed by atoms with Gasteiger partial charge in [-0.05, 0) is 25.8 Å². The van der Waals surface area contributed by atoms with Crippen LogP contribution in [0.3, 0.4) is 0 Å². The van der Waals surface area contributed by atoms with Crippen LogP contribution < -0.4 is 4.74 Å². The van der Waals surface area contributed by atoms with Gasteiger partial charge < -0.3 is 4.74 Å². The summed E-state index contributed by atoms with van der Waals surface area (Å²) in [6.45, 7) is 1.40. The van der Waals surface area contributed by atoms with E-state index >= 15 is 0 Å². The number of fused-ring (bicyclic) bond motifs is 1. The molecule has 1 aromatic rings. The van der Waals surface area contributed by atoms with E-state index < -0.39 is 17.7 Å². The van der Waals surface area contributed by atoms with Gasteiger partial charge in [0, 0.05) is 11.6 Å². The molecule has 0 amide bonds. The number of rotatable bonds is 1. The number of ether oxygens (including phenoxy) is 1. The molecular formula is C11H10F2O2. The molecule has 80 valence electrons. The van der Waals surface area contributed by atoms with E-state index in [4.69, 9.17) is 4.74 Å². The third-order valence-corrected chi connectivity index (χ3v) is 2.47. The normalized spacial score (nSPS) is 19.3. The molecule has 0 radical (unpaired) electrons. The maximum Gasteiger partial charge on any atom is 0.170 e. The van der Waals surface area contributed by atoms with Gasteiger partial charge in [-0.15, -0.1) is 0 Å². The van der Waals surface area contributed by atoms with E-state index in [1.807, 2.05) is 0 Å². The maximum absolute atomic E-state index is 13.3. The first-order valence-corrected chi connectivity index (χ1v) is 4.73. The van der Waals surface area contributed by atoms with Crippen molar-refractivity contribution in [2.75, 3.05) is 0 Å². The Balaban J connectivity index is 2.37. The standard InChI is InChI=1S/C11H10F2O2/c1-6(14)10-3-2-7-4-8(12)5-9(13)11(7)15-10/h4-5,10H,2-3H2,1H3. The zero-order valence-electron chi connectivity index (χ0n) is 8.22. The molecule has 1 aliphatic heterocycles. The summed E-state index contributed by atoms with van der Waals surface area (Å²) in [7, 11) is 0. The van der Waals surface area contributed by atoms with Crippen LogP contribution in [0.5, 0.6) is 5.75 Å². The average molecular weight is 212 g/mol. The van der Waals surface area contributed by atoms with Crippen molar-refractivity contribution >= 4 is 5.78 Å². The highest BCUT2D eigenvalue weighted by molar-refractivity contribution is 5.81. The number of carbonyl (C=O) groups excluding carboxylic acids is 1. The summed E-state index contributed by atoms with van der Waals surface area (Å²) in [6.07, 6.45) is 0.344. The molecule has 0 saturated heterocycles. The average Bonchev–Trinajstić information content (AvgIpc) is 2.16. The largest absolute Gasteiger partial charge is 0.479 e. The van der Waals surface area contributed by atoms with Crippen molar-refractivity contribution in [2.24, 2.45) is 0 Å². The first-order chi connectivity index (χ1) is 7.08. The Bertz CT molecular complexity index is 415. The monoisotopic (exact) mass is 212 g/mol. The van der Waals surface area contributed by atoms with E-state index in [0.29, 0.717) is 18.4 Å². The fourth-order valence-electron chi connectivity index (χ4n) is 1.71. The molecule has 15 heavy (non-hydrogen) atoms. The van der Waals surface area contributed by atoms with Crippen LogP contribution in [0, 0.1) is 11.6 Å². The van der Waals surface area contributed by atoms with Crippen molar-refractivity contribution in [3.05, 3.63) is 29.3 Å². The zero-order chi connectivity index (χ0) is 11.0. The summed E-state index contributed by atoms with van der Waals surface area (Å²) in [6, 6.07) is 2.01. The van der Waals surface area contributed by atoms with Crippen molar-refractivity contribution in [2.45, 2.75) is 25.9 Å². The van der Waals surface area contributed by atoms with E-state index in [2.05, 4.69) is 0 Å². The maximum atomic E-state index is 13.3. The van der Waals surface area contributed by atoms with Gasteiger partial charge in [-0.1, -0.05) is 0 Å². The fourth-order valence-corrected chi connectivity index (χ4v) is 1.71. The number of hydrogen-bond donors (Lipinski definition) is 0. The number of halogens is 2. The highest BCUT2D eigenvalue weighted by Gasteiger charge is 2.26. The van der Waals surface area contributed by atoms with E-state index in [9.17, 15) is 13.6 Å². The van der Waals surface area contributed by atoms with Crippen LogP contribution in [0.1, 0.15) is 18.9 Å². The van der Waals surface area contributed by atoms with Gasteiger partial charge in [0.15, 0.2) is 23.5 Å². The van der Waals surface area contributed by atoms with Gasteiger partial charge >= 0.3 is 0 Å². The summed E-state index contributed by atoms with van der Waals surface area (Å²) in [5, 5.41) is 0. The number of Topliss-reactive ketones (excluding diaryl/α,β-unsaturated/α-hetero) is 1. The molecule has 1 unspecified atom stereocenters. The van der Waals surface area contributed by atoms with Gasteiger partial charge in [-0.25, -0.2) is 8.78 Å². The summed E-state index contributed by atoms with van der Waals surface area (Å²) in [5.41, 5.74) is 0.491. The lowest BCUT2D eigenvalue weighted by molar-refractivity contribution is -0.124. The Kier molecular flexibility index (Phi) is 2.42. The van der Waals surface area contributed by atoms with Crippen molar-refractivity contribution < 1.29 is 18.3 Å². The Morgan fingerprint density at radius 2 is 2.20 bits per heavy atom. The molecule has 0 bridgehead atoms. The first-order valence-electron chi connectivity index (χ1n) is 4.73. The van der Waals surface area contributed by atoms with Gasteiger partial charge in [0.1, 0.15) is 5.82 Å². The van der Waals surface area contributed by atoms with Crippen LogP contribution in [0.25, 0.3) is 0 Å². The van der Waals surface area contributed by atoms with Gasteiger partial charge in [-0.3, -0.25) is 4.79 Å². The number of aryl methyl sites for hydroxylation is 1. The molecule has 1 heterocycles. The van der Waals surface area contributed by atoms with Gasteiger partial charge in [-0.2, -0.15) is 0 Å². The molecule has 1 aliphatic rings. The molecule has 0 fully saturated rings. The lowest BCUT2D eigenvalue weighted by Gasteiger charge is -2.24. The Hall–Kier alpha value is -1.45. The number of ketones is 1. The third kappa shape index (κ3) is 1.84. The lowest BCUT2D eigenvalue weighted by atomic mass is 10.00. The molecule has 0 aromatic heterocycles. The minimum absolute atomic E-state index is 0.0165. The summed E-state index contributed by atoms with van der Waals surface area (Å²) < 4.78 is 31.3. The predicted octanol–water partition coefficient (Wildman–Crippen LogP) is 2.25. The second-order valence-electron chi connectivity index (χ2n) is 3.63. The molecule has 0 N–H and O–H groups in total. The van der Waals surface area contributed by atoms with Gasteiger partial charge in [0.05, 0.1) is 0 Å². The first kappa shape index (κ1) is 10.1. The van der Waals surface area contributed by atoms with Crippen LogP contribution in [-0.4, -0.2) is 11.9 Å². The van der Waals surface area contributed by atoms with E-state index in [-0.39, 0.29) is 11.5 Å². The van der Waals surface area contributed by atoms with Crippen molar-refractivity contribution in [3.8, 4) is 5.75 Å². The topological polar surface area (TPSA) is 26.3 Å². The van der Waals surface area contributed by atoms with Crippen LogP contribution in [0.15, 0.2) is 12.1 Å². The minimum atomic E-state index is -0.740. The molecule has 4 heteroatoms. The van der Waals surface area contributed by atoms with Crippen LogP contribution in [0.4, 0.5) is 8.78 Å². The lowest BCUT2D eigenvalue weighted by Crippen LogP contribution is -2.29. The second-order valence-corrected chi connectivity index (χ2v) is 3.63. The Morgan fingerprint density at radius 3 is 2.87 bits per heavy atom. The Morgan fingerprint density at radius 1 is 1.47 bits per heavy atom. The number of benzene rings is 1. The predicted molar refractivity (Wildman–Crippen MR) is 49.8 cm³/mol. The van der Waals surface area contributed by atoms with Crippen LogP contribution in [0.2, 0.25) is 0 Å². The molecular weight excluding hydrogens is 202 g/mol.